The summed E-state index contributed by atoms with van der Waals surface area (Å²) >= 11 is 5.81. The first-order chi connectivity index (χ1) is 11.5. The molecule has 0 aliphatic carbocycles. The molecule has 2 heterocycles. The Morgan fingerprint density at radius 2 is 1.92 bits per heavy atom. The fourth-order valence-corrected chi connectivity index (χ4v) is 3.88. The van der Waals surface area contributed by atoms with E-state index >= 15 is 0 Å². The van der Waals surface area contributed by atoms with Crippen molar-refractivity contribution >= 4 is 11.6 Å². The van der Waals surface area contributed by atoms with E-state index in [1.165, 1.54) is 18.2 Å². The molecule has 2 atom stereocenters. The van der Waals surface area contributed by atoms with Crippen molar-refractivity contribution in [1.29, 1.82) is 0 Å². The van der Waals surface area contributed by atoms with E-state index in [1.807, 2.05) is 0 Å². The summed E-state index contributed by atoms with van der Waals surface area (Å²) < 4.78 is 51.5. The average Bonchev–Trinajstić information content (AvgIpc) is 3.06. The van der Waals surface area contributed by atoms with Gasteiger partial charge in [0.2, 0.25) is 0 Å². The number of hydrogen-bond acceptors (Lipinski definition) is 3. The van der Waals surface area contributed by atoms with Gasteiger partial charge < -0.3 is 14.8 Å². The zero-order valence-corrected chi connectivity index (χ0v) is 14.0. The molecule has 24 heavy (non-hydrogen) atoms. The van der Waals surface area contributed by atoms with Crippen LogP contribution in [0.1, 0.15) is 24.8 Å². The van der Waals surface area contributed by atoms with Gasteiger partial charge in [0.1, 0.15) is 17.4 Å². The summed E-state index contributed by atoms with van der Waals surface area (Å²) in [4.78, 5) is 0. The fraction of sp³-hybridized carbons (Fsp3) is 0.647. The van der Waals surface area contributed by atoms with E-state index in [4.69, 9.17) is 21.1 Å². The van der Waals surface area contributed by atoms with Gasteiger partial charge in [0.15, 0.2) is 0 Å². The Labute approximate surface area is 144 Å². The number of benzene rings is 1. The molecule has 0 spiro atoms. The number of alkyl halides is 3. The molecule has 1 aromatic carbocycles. The summed E-state index contributed by atoms with van der Waals surface area (Å²) in [6.07, 6.45) is -2.28. The Bertz CT molecular complexity index is 555. The van der Waals surface area contributed by atoms with Crippen LogP contribution in [-0.2, 0) is 10.9 Å². The smallest absolute Gasteiger partial charge is 0.421 e. The van der Waals surface area contributed by atoms with Crippen molar-refractivity contribution < 1.29 is 22.6 Å². The maximum atomic E-state index is 13.4. The molecular formula is C17H21ClF3NO2. The molecule has 2 fully saturated rings. The SMILES string of the molecule is FC(F)(F)c1c(Cl)cccc1O[C@H](C1CCOCC1)[C@H]1CCNC1. The van der Waals surface area contributed by atoms with Crippen molar-refractivity contribution in [2.45, 2.75) is 31.5 Å². The number of rotatable bonds is 4. The molecule has 0 radical (unpaired) electrons. The second-order valence-electron chi connectivity index (χ2n) is 6.40. The zero-order valence-electron chi connectivity index (χ0n) is 13.2. The van der Waals surface area contributed by atoms with E-state index in [9.17, 15) is 13.2 Å². The molecule has 0 amide bonds. The summed E-state index contributed by atoms with van der Waals surface area (Å²) in [6, 6.07) is 4.11. The molecule has 1 aromatic rings. The minimum Gasteiger partial charge on any atom is -0.489 e. The van der Waals surface area contributed by atoms with Crippen LogP contribution in [0, 0.1) is 11.8 Å². The average molecular weight is 364 g/mol. The topological polar surface area (TPSA) is 30.5 Å². The van der Waals surface area contributed by atoms with Gasteiger partial charge in [-0.05, 0) is 37.9 Å². The predicted molar refractivity (Wildman–Crippen MR) is 85.4 cm³/mol. The van der Waals surface area contributed by atoms with Crippen LogP contribution < -0.4 is 10.1 Å². The molecule has 2 saturated heterocycles. The van der Waals surface area contributed by atoms with Crippen LogP contribution in [-0.4, -0.2) is 32.4 Å². The maximum absolute atomic E-state index is 13.4. The highest BCUT2D eigenvalue weighted by atomic mass is 35.5. The first-order valence-electron chi connectivity index (χ1n) is 8.27. The van der Waals surface area contributed by atoms with E-state index in [2.05, 4.69) is 5.32 Å². The highest BCUT2D eigenvalue weighted by molar-refractivity contribution is 6.31. The summed E-state index contributed by atoms with van der Waals surface area (Å²) in [6.45, 7) is 2.90. The second-order valence-corrected chi connectivity index (χ2v) is 6.80. The van der Waals surface area contributed by atoms with Gasteiger partial charge in [0.05, 0.1) is 5.02 Å². The van der Waals surface area contributed by atoms with Crippen molar-refractivity contribution in [2.24, 2.45) is 11.8 Å². The molecule has 0 aromatic heterocycles. The lowest BCUT2D eigenvalue weighted by atomic mass is 9.85. The Morgan fingerprint density at radius 3 is 2.54 bits per heavy atom. The number of hydrogen-bond donors (Lipinski definition) is 1. The molecule has 0 unspecified atom stereocenters. The lowest BCUT2D eigenvalue weighted by Crippen LogP contribution is -2.39. The second kappa shape index (κ2) is 7.50. The van der Waals surface area contributed by atoms with Crippen molar-refractivity contribution in [3.63, 3.8) is 0 Å². The Morgan fingerprint density at radius 1 is 1.17 bits per heavy atom. The van der Waals surface area contributed by atoms with Gasteiger partial charge in [-0.25, -0.2) is 0 Å². The van der Waals surface area contributed by atoms with Gasteiger partial charge in [-0.3, -0.25) is 0 Å². The summed E-state index contributed by atoms with van der Waals surface area (Å²) in [5, 5.41) is 2.95. The van der Waals surface area contributed by atoms with Crippen molar-refractivity contribution in [2.75, 3.05) is 26.3 Å². The molecule has 7 heteroatoms. The molecular weight excluding hydrogens is 343 g/mol. The first-order valence-corrected chi connectivity index (χ1v) is 8.65. The quantitative estimate of drug-likeness (QED) is 0.872. The van der Waals surface area contributed by atoms with Crippen molar-refractivity contribution in [1.82, 2.24) is 5.32 Å². The normalized spacial score (nSPS) is 24.1. The monoisotopic (exact) mass is 363 g/mol. The molecule has 3 rings (SSSR count). The number of nitrogens with one attached hydrogen (secondary N) is 1. The van der Waals surface area contributed by atoms with E-state index in [0.717, 1.165) is 32.4 Å². The summed E-state index contributed by atoms with van der Waals surface area (Å²) in [5.74, 6) is 0.232. The van der Waals surface area contributed by atoms with E-state index in [1.54, 1.807) is 0 Å². The van der Waals surface area contributed by atoms with Crippen LogP contribution in [0.2, 0.25) is 5.02 Å². The van der Waals surface area contributed by atoms with Gasteiger partial charge in [0, 0.05) is 31.6 Å². The third-order valence-corrected chi connectivity index (χ3v) is 5.13. The van der Waals surface area contributed by atoms with Crippen LogP contribution in [0.5, 0.6) is 5.75 Å². The molecule has 1 N–H and O–H groups in total. The van der Waals surface area contributed by atoms with Gasteiger partial charge >= 0.3 is 6.18 Å². The lowest BCUT2D eigenvalue weighted by Gasteiger charge is -2.35. The summed E-state index contributed by atoms with van der Waals surface area (Å²) in [7, 11) is 0. The largest absolute Gasteiger partial charge is 0.489 e. The Balaban J connectivity index is 1.88. The molecule has 2 aliphatic heterocycles. The van der Waals surface area contributed by atoms with Crippen LogP contribution >= 0.6 is 11.6 Å². The van der Waals surface area contributed by atoms with E-state index < -0.39 is 11.7 Å². The molecule has 3 nitrogen and oxygen atoms in total. The third-order valence-electron chi connectivity index (χ3n) is 4.82. The molecule has 2 aliphatic rings. The minimum absolute atomic E-state index is 0.168. The van der Waals surface area contributed by atoms with Crippen LogP contribution in [0.4, 0.5) is 13.2 Å². The fourth-order valence-electron chi connectivity index (χ4n) is 3.60. The summed E-state index contributed by atoms with van der Waals surface area (Å²) in [5.41, 5.74) is -0.880. The Hall–Kier alpha value is -0.980. The lowest BCUT2D eigenvalue weighted by molar-refractivity contribution is -0.139. The van der Waals surface area contributed by atoms with Gasteiger partial charge in [0.25, 0.3) is 0 Å². The van der Waals surface area contributed by atoms with E-state index in [0.29, 0.717) is 13.2 Å². The predicted octanol–water partition coefficient (Wildman–Crippen LogP) is 4.14. The maximum Gasteiger partial charge on any atom is 0.421 e. The first kappa shape index (κ1) is 17.8. The number of ether oxygens (including phenoxy) is 2. The Kier molecular flexibility index (Phi) is 5.57. The van der Waals surface area contributed by atoms with E-state index in [-0.39, 0.29) is 28.7 Å². The standard InChI is InChI=1S/C17H21ClF3NO2/c18-13-2-1-3-14(15(13)17(19,20)21)24-16(12-4-7-22-10-12)11-5-8-23-9-6-11/h1-3,11-12,16,22H,4-10H2/t12-,16+/m0/s1. The molecule has 134 valence electrons. The minimum atomic E-state index is -4.54. The van der Waals surface area contributed by atoms with Crippen LogP contribution in [0.25, 0.3) is 0 Å². The van der Waals surface area contributed by atoms with Gasteiger partial charge in [-0.1, -0.05) is 17.7 Å². The van der Waals surface area contributed by atoms with Gasteiger partial charge in [-0.2, -0.15) is 13.2 Å². The van der Waals surface area contributed by atoms with Crippen LogP contribution in [0.15, 0.2) is 18.2 Å². The molecule has 0 bridgehead atoms. The molecule has 0 saturated carbocycles. The number of halogens is 4. The third kappa shape index (κ3) is 3.98. The van der Waals surface area contributed by atoms with Crippen LogP contribution in [0.3, 0.4) is 0 Å². The van der Waals surface area contributed by atoms with Crippen molar-refractivity contribution in [3.8, 4) is 5.75 Å². The van der Waals surface area contributed by atoms with Crippen molar-refractivity contribution in [3.05, 3.63) is 28.8 Å². The highest BCUT2D eigenvalue weighted by Gasteiger charge is 2.40. The van der Waals surface area contributed by atoms with Gasteiger partial charge in [-0.15, -0.1) is 0 Å². The highest BCUT2D eigenvalue weighted by Crippen LogP contribution is 2.42. The zero-order chi connectivity index (χ0) is 17.2.